The van der Waals surface area contributed by atoms with E-state index in [-0.39, 0.29) is 15.8 Å². The molecule has 0 unspecified atom stereocenters. The minimum absolute atomic E-state index is 0.0464. The molecule has 1 saturated heterocycles. The molecule has 0 atom stereocenters. The summed E-state index contributed by atoms with van der Waals surface area (Å²) in [5, 5.41) is 21.5. The van der Waals surface area contributed by atoms with Crippen LogP contribution in [0.15, 0.2) is 57.0 Å². The second kappa shape index (κ2) is 8.78. The molecule has 1 aromatic heterocycles. The summed E-state index contributed by atoms with van der Waals surface area (Å²) in [4.78, 5) is 31.4. The number of rotatable bonds is 6. The fraction of sp³-hybridized carbons (Fsp3) is 0.238. The van der Waals surface area contributed by atoms with Crippen molar-refractivity contribution in [3.63, 3.8) is 0 Å². The minimum Gasteiger partial charge on any atom is -0.477 e. The van der Waals surface area contributed by atoms with Gasteiger partial charge in [-0.05, 0) is 48.6 Å². The van der Waals surface area contributed by atoms with E-state index in [4.69, 9.17) is 4.42 Å². The number of nitro benzene ring substituents is 1. The molecule has 4 rings (SSSR count). The number of likely N-dealkylation sites (N-methyl/N-ethyl adjacent to an activating group) is 1. The number of para-hydroxylation sites is 2. The van der Waals surface area contributed by atoms with E-state index in [2.05, 4.69) is 9.88 Å². The Balaban J connectivity index is 1.63. The number of carbonyl (C=O) groups is 1. The van der Waals surface area contributed by atoms with Crippen molar-refractivity contribution in [3.05, 3.63) is 63.0 Å². The molecule has 10 heteroatoms. The highest BCUT2D eigenvalue weighted by atomic mass is 32.2. The number of anilines is 1. The van der Waals surface area contributed by atoms with Crippen LogP contribution in [0.2, 0.25) is 0 Å². The van der Waals surface area contributed by atoms with Gasteiger partial charge >= 0.3 is 5.97 Å². The predicted octanol–water partition coefficient (Wildman–Crippen LogP) is 3.71. The van der Waals surface area contributed by atoms with E-state index in [1.807, 2.05) is 18.0 Å². The van der Waals surface area contributed by atoms with Gasteiger partial charge in [0.05, 0.1) is 4.92 Å². The maximum Gasteiger partial charge on any atom is 0.342 e. The van der Waals surface area contributed by atoms with Crippen LogP contribution in [0.5, 0.6) is 0 Å². The summed E-state index contributed by atoms with van der Waals surface area (Å²) in [6.07, 6.45) is 1.39. The molecule has 2 aromatic carbocycles. The molecular formula is C21H20N4O5S. The van der Waals surface area contributed by atoms with Crippen LogP contribution in [-0.2, 0) is 4.79 Å². The average Bonchev–Trinajstić information content (AvgIpc) is 3.16. The number of thioether (sulfide) groups is 1. The molecule has 0 radical (unpaired) electrons. The van der Waals surface area contributed by atoms with Crippen molar-refractivity contribution in [1.29, 1.82) is 0 Å². The van der Waals surface area contributed by atoms with Gasteiger partial charge < -0.3 is 19.3 Å². The zero-order valence-corrected chi connectivity index (χ0v) is 17.5. The lowest BCUT2D eigenvalue weighted by molar-refractivity contribution is -0.384. The van der Waals surface area contributed by atoms with Gasteiger partial charge in [0.15, 0.2) is 5.58 Å². The number of piperazine rings is 1. The Morgan fingerprint density at radius 1 is 1.23 bits per heavy atom. The minimum atomic E-state index is -1.17. The van der Waals surface area contributed by atoms with Crippen molar-refractivity contribution >= 4 is 46.3 Å². The van der Waals surface area contributed by atoms with Crippen molar-refractivity contribution in [1.82, 2.24) is 9.88 Å². The maximum absolute atomic E-state index is 11.8. The first-order chi connectivity index (χ1) is 14.9. The summed E-state index contributed by atoms with van der Waals surface area (Å²) in [6, 6.07) is 11.9. The number of carboxylic acids is 1. The molecule has 0 bridgehead atoms. The Morgan fingerprint density at radius 3 is 2.65 bits per heavy atom. The zero-order chi connectivity index (χ0) is 22.0. The number of nitro groups is 1. The molecule has 31 heavy (non-hydrogen) atoms. The highest BCUT2D eigenvalue weighted by molar-refractivity contribution is 8.03. The molecule has 1 aliphatic heterocycles. The first-order valence-corrected chi connectivity index (χ1v) is 10.4. The Kier molecular flexibility index (Phi) is 5.92. The van der Waals surface area contributed by atoms with Gasteiger partial charge in [-0.1, -0.05) is 18.2 Å². The SMILES string of the molecule is CN1CCN(c2ccc(/C=C(/Sc3nc4ccccc4o3)C(=O)O)cc2[N+](=O)[O-])CC1. The summed E-state index contributed by atoms with van der Waals surface area (Å²) < 4.78 is 5.58. The molecule has 3 aromatic rings. The predicted molar refractivity (Wildman–Crippen MR) is 118 cm³/mol. The van der Waals surface area contributed by atoms with Gasteiger partial charge in [-0.15, -0.1) is 0 Å². The summed E-state index contributed by atoms with van der Waals surface area (Å²) >= 11 is 0.862. The summed E-state index contributed by atoms with van der Waals surface area (Å²) in [5.41, 5.74) is 2.10. The molecule has 1 aliphatic rings. The van der Waals surface area contributed by atoms with E-state index in [1.165, 1.54) is 12.1 Å². The van der Waals surface area contributed by atoms with Crippen molar-refractivity contribution in [2.75, 3.05) is 38.1 Å². The maximum atomic E-state index is 11.8. The third kappa shape index (κ3) is 4.70. The standard InChI is InChI=1S/C21H20N4O5S/c1-23-8-10-24(11-9-23)16-7-6-14(12-17(16)25(28)29)13-19(20(26)27)31-21-22-15-4-2-3-5-18(15)30-21/h2-7,12-13H,8-11H2,1H3,(H,26,27)/b19-13+. The molecule has 0 saturated carbocycles. The number of fused-ring (bicyclic) bond motifs is 1. The first-order valence-electron chi connectivity index (χ1n) is 9.61. The molecule has 160 valence electrons. The molecule has 0 amide bonds. The van der Waals surface area contributed by atoms with Gasteiger partial charge in [0.25, 0.3) is 10.9 Å². The number of hydrogen-bond donors (Lipinski definition) is 1. The molecule has 1 N–H and O–H groups in total. The zero-order valence-electron chi connectivity index (χ0n) is 16.7. The van der Waals surface area contributed by atoms with Crippen molar-refractivity contribution in [2.45, 2.75) is 5.22 Å². The van der Waals surface area contributed by atoms with Crippen molar-refractivity contribution in [3.8, 4) is 0 Å². The number of aromatic nitrogens is 1. The third-order valence-electron chi connectivity index (χ3n) is 5.02. The number of aliphatic carboxylic acids is 1. The van der Waals surface area contributed by atoms with E-state index in [0.717, 1.165) is 24.9 Å². The molecule has 1 fully saturated rings. The lowest BCUT2D eigenvalue weighted by Gasteiger charge is -2.33. The van der Waals surface area contributed by atoms with Crippen LogP contribution in [0.25, 0.3) is 17.2 Å². The van der Waals surface area contributed by atoms with Crippen LogP contribution < -0.4 is 4.90 Å². The van der Waals surface area contributed by atoms with Crippen LogP contribution in [0.4, 0.5) is 11.4 Å². The Hall–Kier alpha value is -3.37. The van der Waals surface area contributed by atoms with Gasteiger partial charge in [-0.25, -0.2) is 9.78 Å². The number of carboxylic acid groups (broad SMARTS) is 1. The second-order valence-electron chi connectivity index (χ2n) is 7.16. The normalized spacial score (nSPS) is 15.4. The lowest BCUT2D eigenvalue weighted by Crippen LogP contribution is -2.44. The second-order valence-corrected chi connectivity index (χ2v) is 8.15. The Morgan fingerprint density at radius 2 is 1.97 bits per heavy atom. The van der Waals surface area contributed by atoms with Gasteiger partial charge in [0, 0.05) is 32.2 Å². The highest BCUT2D eigenvalue weighted by Gasteiger charge is 2.23. The third-order valence-corrected chi connectivity index (χ3v) is 5.88. The van der Waals surface area contributed by atoms with Crippen molar-refractivity contribution in [2.24, 2.45) is 0 Å². The number of nitrogens with zero attached hydrogens (tertiary/aromatic N) is 4. The fourth-order valence-corrected chi connectivity index (χ4v) is 4.11. The molecule has 0 aliphatic carbocycles. The molecule has 0 spiro atoms. The molecular weight excluding hydrogens is 420 g/mol. The Labute approximate surface area is 182 Å². The molecule has 2 heterocycles. The van der Waals surface area contributed by atoms with E-state index in [0.29, 0.717) is 35.4 Å². The average molecular weight is 440 g/mol. The van der Waals surface area contributed by atoms with Gasteiger partial charge in [0.1, 0.15) is 16.1 Å². The topological polar surface area (TPSA) is 113 Å². The summed E-state index contributed by atoms with van der Waals surface area (Å²) in [6.45, 7) is 3.03. The number of hydrogen-bond acceptors (Lipinski definition) is 8. The first kappa shape index (κ1) is 20.9. The van der Waals surface area contributed by atoms with Crippen LogP contribution >= 0.6 is 11.8 Å². The van der Waals surface area contributed by atoms with E-state index >= 15 is 0 Å². The number of oxazole rings is 1. The van der Waals surface area contributed by atoms with E-state index < -0.39 is 10.9 Å². The summed E-state index contributed by atoms with van der Waals surface area (Å²) in [5.74, 6) is -1.17. The lowest BCUT2D eigenvalue weighted by atomic mass is 10.1. The largest absolute Gasteiger partial charge is 0.477 e. The van der Waals surface area contributed by atoms with Gasteiger partial charge in [-0.3, -0.25) is 10.1 Å². The highest BCUT2D eigenvalue weighted by Crippen LogP contribution is 2.34. The summed E-state index contributed by atoms with van der Waals surface area (Å²) in [7, 11) is 2.02. The smallest absolute Gasteiger partial charge is 0.342 e. The van der Waals surface area contributed by atoms with Crippen LogP contribution in [0.1, 0.15) is 5.56 Å². The Bertz CT molecular complexity index is 1130. The van der Waals surface area contributed by atoms with Gasteiger partial charge in [0.2, 0.25) is 0 Å². The van der Waals surface area contributed by atoms with Gasteiger partial charge in [-0.2, -0.15) is 0 Å². The fourth-order valence-electron chi connectivity index (χ4n) is 3.37. The van der Waals surface area contributed by atoms with E-state index in [1.54, 1.807) is 30.3 Å². The van der Waals surface area contributed by atoms with Crippen LogP contribution in [0, 0.1) is 10.1 Å². The van der Waals surface area contributed by atoms with E-state index in [9.17, 15) is 20.0 Å². The monoisotopic (exact) mass is 440 g/mol. The van der Waals surface area contributed by atoms with Crippen molar-refractivity contribution < 1.29 is 19.2 Å². The quantitative estimate of drug-likeness (QED) is 0.265. The number of benzene rings is 2. The van der Waals surface area contributed by atoms with Crippen LogP contribution in [-0.4, -0.2) is 59.1 Å². The van der Waals surface area contributed by atoms with Crippen LogP contribution in [0.3, 0.4) is 0 Å². The molecule has 9 nitrogen and oxygen atoms in total.